The van der Waals surface area contributed by atoms with Gasteiger partial charge in [0.2, 0.25) is 0 Å². The molecule has 0 fully saturated rings. The van der Waals surface area contributed by atoms with Crippen molar-refractivity contribution < 1.29 is 23.1 Å². The SMILES string of the molecule is CCn1cc(CN(CCO)C(=O)c2scnc2C(F)(F)F)cn1. The number of aryl methyl sites for hydroxylation is 1. The molecule has 0 aliphatic rings. The fourth-order valence-corrected chi connectivity index (χ4v) is 2.77. The number of hydrogen-bond acceptors (Lipinski definition) is 5. The van der Waals surface area contributed by atoms with Crippen molar-refractivity contribution in [1.29, 1.82) is 0 Å². The lowest BCUT2D eigenvalue weighted by Gasteiger charge is -2.21. The third-order valence-electron chi connectivity index (χ3n) is 3.07. The molecule has 0 radical (unpaired) electrons. The van der Waals surface area contributed by atoms with E-state index in [-0.39, 0.29) is 19.7 Å². The van der Waals surface area contributed by atoms with E-state index < -0.39 is 22.7 Å². The molecule has 0 aliphatic heterocycles. The first-order valence-corrected chi connectivity index (χ1v) is 7.67. The van der Waals surface area contributed by atoms with Gasteiger partial charge in [-0.1, -0.05) is 0 Å². The lowest BCUT2D eigenvalue weighted by molar-refractivity contribution is -0.141. The highest BCUT2D eigenvalue weighted by Crippen LogP contribution is 2.33. The Labute approximate surface area is 134 Å². The monoisotopic (exact) mass is 348 g/mol. The zero-order valence-electron chi connectivity index (χ0n) is 12.2. The van der Waals surface area contributed by atoms with Gasteiger partial charge in [0.1, 0.15) is 4.88 Å². The number of nitrogens with zero attached hydrogens (tertiary/aromatic N) is 4. The smallest absolute Gasteiger partial charge is 0.395 e. The summed E-state index contributed by atoms with van der Waals surface area (Å²) >= 11 is 0.634. The van der Waals surface area contributed by atoms with E-state index in [0.717, 1.165) is 10.4 Å². The maximum absolute atomic E-state index is 12.9. The Morgan fingerprint density at radius 2 is 2.22 bits per heavy atom. The Hall–Kier alpha value is -1.94. The molecule has 1 amide bonds. The van der Waals surface area contributed by atoms with Crippen LogP contribution in [0.25, 0.3) is 0 Å². The van der Waals surface area contributed by atoms with E-state index in [9.17, 15) is 18.0 Å². The minimum atomic E-state index is -4.69. The van der Waals surface area contributed by atoms with Gasteiger partial charge >= 0.3 is 6.18 Å². The third kappa shape index (κ3) is 4.08. The van der Waals surface area contributed by atoms with Crippen LogP contribution in [0.5, 0.6) is 0 Å². The highest BCUT2D eigenvalue weighted by Gasteiger charge is 2.39. The number of carbonyl (C=O) groups is 1. The predicted octanol–water partition coefficient (Wildman–Crippen LogP) is 2.01. The van der Waals surface area contributed by atoms with Gasteiger partial charge in [-0.15, -0.1) is 11.3 Å². The number of aliphatic hydroxyl groups excluding tert-OH is 1. The second-order valence-corrected chi connectivity index (χ2v) is 5.54. The van der Waals surface area contributed by atoms with Gasteiger partial charge in [0.05, 0.1) is 18.3 Å². The quantitative estimate of drug-likeness (QED) is 0.867. The fourth-order valence-electron chi connectivity index (χ4n) is 2.00. The topological polar surface area (TPSA) is 71.2 Å². The van der Waals surface area contributed by atoms with Crippen molar-refractivity contribution in [1.82, 2.24) is 19.7 Å². The minimum absolute atomic E-state index is 0.0641. The summed E-state index contributed by atoms with van der Waals surface area (Å²) in [7, 11) is 0. The predicted molar refractivity (Wildman–Crippen MR) is 76.8 cm³/mol. The number of rotatable bonds is 6. The van der Waals surface area contributed by atoms with Crippen LogP contribution < -0.4 is 0 Å². The van der Waals surface area contributed by atoms with Crippen LogP contribution in [0.4, 0.5) is 13.2 Å². The van der Waals surface area contributed by atoms with Crippen LogP contribution in [0.3, 0.4) is 0 Å². The number of thiazole rings is 1. The number of aromatic nitrogens is 3. The van der Waals surface area contributed by atoms with Gasteiger partial charge in [-0.05, 0) is 6.92 Å². The molecular weight excluding hydrogens is 333 g/mol. The minimum Gasteiger partial charge on any atom is -0.395 e. The summed E-state index contributed by atoms with van der Waals surface area (Å²) in [4.78, 5) is 16.3. The van der Waals surface area contributed by atoms with Gasteiger partial charge in [-0.25, -0.2) is 4.98 Å². The molecule has 2 aromatic heterocycles. The van der Waals surface area contributed by atoms with E-state index in [4.69, 9.17) is 5.11 Å². The molecule has 23 heavy (non-hydrogen) atoms. The van der Waals surface area contributed by atoms with E-state index in [2.05, 4.69) is 10.1 Å². The standard InChI is InChI=1S/C13H15F3N4O2S/c1-2-20-7-9(5-18-20)6-19(3-4-21)12(22)10-11(13(14,15)16)17-8-23-10/h5,7-8,21H,2-4,6H2,1H3. The van der Waals surface area contributed by atoms with Crippen LogP contribution in [0, 0.1) is 0 Å². The largest absolute Gasteiger partial charge is 0.434 e. The van der Waals surface area contributed by atoms with Crippen molar-refractivity contribution >= 4 is 17.2 Å². The van der Waals surface area contributed by atoms with Gasteiger partial charge in [-0.3, -0.25) is 9.48 Å². The Balaban J connectivity index is 2.23. The maximum Gasteiger partial charge on any atom is 0.434 e. The zero-order valence-corrected chi connectivity index (χ0v) is 13.1. The molecule has 126 valence electrons. The molecule has 2 heterocycles. The molecule has 0 atom stereocenters. The second kappa shape index (κ2) is 7.09. The molecule has 2 rings (SSSR count). The van der Waals surface area contributed by atoms with Gasteiger partial charge < -0.3 is 10.0 Å². The van der Waals surface area contributed by atoms with Crippen molar-refractivity contribution in [2.75, 3.05) is 13.2 Å². The van der Waals surface area contributed by atoms with Crippen molar-refractivity contribution in [2.24, 2.45) is 0 Å². The maximum atomic E-state index is 12.9. The Bertz CT molecular complexity index is 668. The number of halogens is 3. The summed E-state index contributed by atoms with van der Waals surface area (Å²) in [6, 6.07) is 0. The van der Waals surface area contributed by atoms with Crippen molar-refractivity contribution in [3.05, 3.63) is 34.0 Å². The summed E-state index contributed by atoms with van der Waals surface area (Å²) < 4.78 is 40.3. The highest BCUT2D eigenvalue weighted by atomic mass is 32.1. The number of amides is 1. The first-order chi connectivity index (χ1) is 10.9. The van der Waals surface area contributed by atoms with Crippen molar-refractivity contribution in [3.63, 3.8) is 0 Å². The lowest BCUT2D eigenvalue weighted by Crippen LogP contribution is -2.33. The van der Waals surface area contributed by atoms with Crippen LogP contribution in [0.15, 0.2) is 17.9 Å². The highest BCUT2D eigenvalue weighted by molar-refractivity contribution is 7.11. The third-order valence-corrected chi connectivity index (χ3v) is 3.89. The summed E-state index contributed by atoms with van der Waals surface area (Å²) in [5, 5.41) is 13.1. The van der Waals surface area contributed by atoms with Gasteiger partial charge in [0.15, 0.2) is 5.69 Å². The van der Waals surface area contributed by atoms with E-state index in [1.165, 1.54) is 0 Å². The van der Waals surface area contributed by atoms with Gasteiger partial charge in [0, 0.05) is 31.4 Å². The van der Waals surface area contributed by atoms with Gasteiger partial charge in [-0.2, -0.15) is 18.3 Å². The molecule has 0 bridgehead atoms. The Morgan fingerprint density at radius 1 is 1.48 bits per heavy atom. The molecule has 0 saturated carbocycles. The van der Waals surface area contributed by atoms with Crippen LogP contribution in [0.1, 0.15) is 27.9 Å². The molecule has 6 nitrogen and oxygen atoms in total. The molecule has 2 aromatic rings. The first-order valence-electron chi connectivity index (χ1n) is 6.79. The second-order valence-electron chi connectivity index (χ2n) is 4.68. The molecule has 0 saturated heterocycles. The summed E-state index contributed by atoms with van der Waals surface area (Å²) in [6.07, 6.45) is -1.45. The molecule has 0 aromatic carbocycles. The molecule has 0 unspecified atom stereocenters. The first kappa shape index (κ1) is 17.4. The van der Waals surface area contributed by atoms with E-state index in [0.29, 0.717) is 23.4 Å². The summed E-state index contributed by atoms with van der Waals surface area (Å²) in [6.45, 7) is 2.16. The molecule has 10 heteroatoms. The Morgan fingerprint density at radius 3 is 2.78 bits per heavy atom. The van der Waals surface area contributed by atoms with Crippen LogP contribution >= 0.6 is 11.3 Å². The normalized spacial score (nSPS) is 11.7. The zero-order chi connectivity index (χ0) is 17.0. The van der Waals surface area contributed by atoms with Crippen LogP contribution in [-0.2, 0) is 19.3 Å². The van der Waals surface area contributed by atoms with E-state index >= 15 is 0 Å². The van der Waals surface area contributed by atoms with Gasteiger partial charge in [0.25, 0.3) is 5.91 Å². The fraction of sp³-hybridized carbons (Fsp3) is 0.462. The number of aliphatic hydroxyl groups is 1. The van der Waals surface area contributed by atoms with E-state index in [1.807, 2.05) is 6.92 Å². The van der Waals surface area contributed by atoms with Crippen molar-refractivity contribution in [3.8, 4) is 0 Å². The van der Waals surface area contributed by atoms with Crippen LogP contribution in [0.2, 0.25) is 0 Å². The number of alkyl halides is 3. The number of hydrogen-bond donors (Lipinski definition) is 1. The lowest BCUT2D eigenvalue weighted by atomic mass is 10.2. The molecule has 0 spiro atoms. The summed E-state index contributed by atoms with van der Waals surface area (Å²) in [5.74, 6) is -0.807. The molecular formula is C13H15F3N4O2S. The van der Waals surface area contributed by atoms with E-state index in [1.54, 1.807) is 17.1 Å². The Kier molecular flexibility index (Phi) is 5.37. The summed E-state index contributed by atoms with van der Waals surface area (Å²) in [5.41, 5.74) is 0.467. The molecule has 0 aliphatic carbocycles. The average Bonchev–Trinajstić information content (AvgIpc) is 3.14. The van der Waals surface area contributed by atoms with Crippen molar-refractivity contribution in [2.45, 2.75) is 26.2 Å². The molecule has 1 N–H and O–H groups in total. The average molecular weight is 348 g/mol. The number of carbonyl (C=O) groups excluding carboxylic acids is 1. The van der Waals surface area contributed by atoms with Crippen LogP contribution in [-0.4, -0.2) is 43.8 Å².